The van der Waals surface area contributed by atoms with Crippen molar-refractivity contribution in [1.82, 2.24) is 20.5 Å². The van der Waals surface area contributed by atoms with Crippen LogP contribution in [0.25, 0.3) is 0 Å². The molecule has 0 amide bonds. The molecule has 2 N–H and O–H groups in total. The minimum absolute atomic E-state index is 0.000269. The highest BCUT2D eigenvalue weighted by molar-refractivity contribution is 5.33. The van der Waals surface area contributed by atoms with Gasteiger partial charge >= 0.3 is 0 Å². The summed E-state index contributed by atoms with van der Waals surface area (Å²) >= 11 is 0. The Balaban J connectivity index is 2.02. The number of halogens is 1. The van der Waals surface area contributed by atoms with Gasteiger partial charge in [0.05, 0.1) is 13.2 Å². The van der Waals surface area contributed by atoms with E-state index in [9.17, 15) is 4.39 Å². The summed E-state index contributed by atoms with van der Waals surface area (Å²) in [6.07, 6.45) is 0. The Morgan fingerprint density at radius 1 is 1.47 bits per heavy atom. The van der Waals surface area contributed by atoms with Crippen molar-refractivity contribution in [3.8, 4) is 5.75 Å². The number of methoxy groups -OCH3 is 1. The highest BCUT2D eigenvalue weighted by atomic mass is 19.1. The summed E-state index contributed by atoms with van der Waals surface area (Å²) in [4.78, 5) is 4.26. The van der Waals surface area contributed by atoms with Gasteiger partial charge < -0.3 is 10.1 Å². The maximum atomic E-state index is 13.1. The van der Waals surface area contributed by atoms with Crippen LogP contribution in [-0.4, -0.2) is 22.3 Å². The molecule has 0 aliphatic rings. The molecule has 0 unspecified atom stereocenters. The molecule has 2 aromatic rings. The van der Waals surface area contributed by atoms with Crippen molar-refractivity contribution in [2.45, 2.75) is 26.4 Å². The zero-order valence-electron chi connectivity index (χ0n) is 11.2. The van der Waals surface area contributed by atoms with E-state index in [1.807, 2.05) is 13.8 Å². The van der Waals surface area contributed by atoms with Crippen LogP contribution < -0.4 is 10.1 Å². The van der Waals surface area contributed by atoms with Gasteiger partial charge in [0, 0.05) is 18.2 Å². The van der Waals surface area contributed by atoms with Gasteiger partial charge in [-0.2, -0.15) is 5.10 Å². The van der Waals surface area contributed by atoms with E-state index in [0.29, 0.717) is 18.1 Å². The van der Waals surface area contributed by atoms with Gasteiger partial charge in [-0.3, -0.25) is 5.10 Å². The van der Waals surface area contributed by atoms with Crippen LogP contribution in [0.15, 0.2) is 18.2 Å². The summed E-state index contributed by atoms with van der Waals surface area (Å²) in [6, 6.07) is 4.50. The molecular formula is C13H17FN4O. The number of rotatable bonds is 5. The number of nitrogens with one attached hydrogen (secondary N) is 2. The second-order valence-corrected chi connectivity index (χ2v) is 4.34. The molecule has 1 aromatic heterocycles. The summed E-state index contributed by atoms with van der Waals surface area (Å²) in [7, 11) is 1.53. The molecule has 0 saturated heterocycles. The molecular weight excluding hydrogens is 247 g/mol. The lowest BCUT2D eigenvalue weighted by molar-refractivity contribution is 0.402. The van der Waals surface area contributed by atoms with E-state index in [-0.39, 0.29) is 11.9 Å². The Bertz CT molecular complexity index is 555. The highest BCUT2D eigenvalue weighted by Crippen LogP contribution is 2.20. The second-order valence-electron chi connectivity index (χ2n) is 4.34. The number of nitrogens with zero attached hydrogens (tertiary/aromatic N) is 2. The molecule has 5 nitrogen and oxygen atoms in total. The molecule has 1 atom stereocenters. The lowest BCUT2D eigenvalue weighted by Gasteiger charge is -2.13. The monoisotopic (exact) mass is 264 g/mol. The molecule has 0 spiro atoms. The molecule has 1 heterocycles. The SMILES string of the molecule is COc1cc(F)ccc1CN[C@@H](C)c1n[nH]c(C)n1. The van der Waals surface area contributed by atoms with Crippen molar-refractivity contribution in [3.63, 3.8) is 0 Å². The number of aromatic nitrogens is 3. The average Bonchev–Trinajstić information content (AvgIpc) is 2.83. The Morgan fingerprint density at radius 3 is 2.89 bits per heavy atom. The molecule has 1 aromatic carbocycles. The zero-order chi connectivity index (χ0) is 13.8. The predicted octanol–water partition coefficient (Wildman–Crippen LogP) is 2.11. The third kappa shape index (κ3) is 3.29. The zero-order valence-corrected chi connectivity index (χ0v) is 11.2. The fraction of sp³-hybridized carbons (Fsp3) is 0.385. The van der Waals surface area contributed by atoms with Crippen LogP contribution in [0, 0.1) is 12.7 Å². The average molecular weight is 264 g/mol. The molecule has 0 aliphatic heterocycles. The van der Waals surface area contributed by atoms with E-state index in [4.69, 9.17) is 4.74 Å². The van der Waals surface area contributed by atoms with Gasteiger partial charge in [-0.1, -0.05) is 6.07 Å². The maximum Gasteiger partial charge on any atom is 0.167 e. The number of hydrogen-bond acceptors (Lipinski definition) is 4. The number of ether oxygens (including phenoxy) is 1. The topological polar surface area (TPSA) is 62.8 Å². The molecule has 2 rings (SSSR count). The van der Waals surface area contributed by atoms with Crippen molar-refractivity contribution in [2.24, 2.45) is 0 Å². The molecule has 0 radical (unpaired) electrons. The van der Waals surface area contributed by atoms with E-state index in [2.05, 4.69) is 20.5 Å². The Kier molecular flexibility index (Phi) is 4.11. The standard InChI is InChI=1S/C13H17FN4O/c1-8(13-16-9(2)17-18-13)15-7-10-4-5-11(14)6-12(10)19-3/h4-6,8,15H,7H2,1-3H3,(H,16,17,18)/t8-/m0/s1. The van der Waals surface area contributed by atoms with Crippen molar-refractivity contribution in [3.05, 3.63) is 41.2 Å². The number of aryl methyl sites for hydroxylation is 1. The van der Waals surface area contributed by atoms with Crippen molar-refractivity contribution >= 4 is 0 Å². The van der Waals surface area contributed by atoms with Gasteiger partial charge in [0.1, 0.15) is 17.4 Å². The lowest BCUT2D eigenvalue weighted by atomic mass is 10.2. The number of benzene rings is 1. The van der Waals surface area contributed by atoms with Gasteiger partial charge in [0.2, 0.25) is 0 Å². The Labute approximate surface area is 111 Å². The molecule has 0 aliphatic carbocycles. The minimum atomic E-state index is -0.307. The van der Waals surface area contributed by atoms with E-state index < -0.39 is 0 Å². The van der Waals surface area contributed by atoms with E-state index in [1.165, 1.54) is 19.2 Å². The predicted molar refractivity (Wildman–Crippen MR) is 69.3 cm³/mol. The first-order valence-electron chi connectivity index (χ1n) is 6.05. The molecule has 0 fully saturated rings. The van der Waals surface area contributed by atoms with Crippen molar-refractivity contribution in [2.75, 3.05) is 7.11 Å². The third-order valence-corrected chi connectivity index (χ3v) is 2.85. The fourth-order valence-corrected chi connectivity index (χ4v) is 1.77. The lowest BCUT2D eigenvalue weighted by Crippen LogP contribution is -2.19. The summed E-state index contributed by atoms with van der Waals surface area (Å²) in [5, 5.41) is 10.2. The first-order valence-corrected chi connectivity index (χ1v) is 6.05. The second kappa shape index (κ2) is 5.79. The van der Waals surface area contributed by atoms with Crippen LogP contribution in [0.1, 0.15) is 30.2 Å². The largest absolute Gasteiger partial charge is 0.496 e. The maximum absolute atomic E-state index is 13.1. The molecule has 0 saturated carbocycles. The molecule has 0 bridgehead atoms. The van der Waals surface area contributed by atoms with Gasteiger partial charge in [0.25, 0.3) is 0 Å². The smallest absolute Gasteiger partial charge is 0.167 e. The number of aromatic amines is 1. The summed E-state index contributed by atoms with van der Waals surface area (Å²) < 4.78 is 18.2. The van der Waals surface area contributed by atoms with Gasteiger partial charge in [-0.25, -0.2) is 9.37 Å². The van der Waals surface area contributed by atoms with Gasteiger partial charge in [-0.05, 0) is 19.9 Å². The van der Waals surface area contributed by atoms with Crippen molar-refractivity contribution in [1.29, 1.82) is 0 Å². The van der Waals surface area contributed by atoms with E-state index >= 15 is 0 Å². The van der Waals surface area contributed by atoms with Crippen LogP contribution in [0.5, 0.6) is 5.75 Å². The van der Waals surface area contributed by atoms with Crippen molar-refractivity contribution < 1.29 is 9.13 Å². The molecule has 6 heteroatoms. The number of hydrogen-bond donors (Lipinski definition) is 2. The Hall–Kier alpha value is -1.95. The fourth-order valence-electron chi connectivity index (χ4n) is 1.77. The van der Waals surface area contributed by atoms with Gasteiger partial charge in [-0.15, -0.1) is 0 Å². The number of H-pyrrole nitrogens is 1. The van der Waals surface area contributed by atoms with Crippen LogP contribution in [0.4, 0.5) is 4.39 Å². The first kappa shape index (κ1) is 13.5. The van der Waals surface area contributed by atoms with E-state index in [0.717, 1.165) is 11.4 Å². The quantitative estimate of drug-likeness (QED) is 0.868. The summed E-state index contributed by atoms with van der Waals surface area (Å²) in [5.41, 5.74) is 0.892. The summed E-state index contributed by atoms with van der Waals surface area (Å²) in [6.45, 7) is 4.38. The van der Waals surface area contributed by atoms with E-state index in [1.54, 1.807) is 6.07 Å². The highest BCUT2D eigenvalue weighted by Gasteiger charge is 2.11. The van der Waals surface area contributed by atoms with Crippen LogP contribution in [0.3, 0.4) is 0 Å². The van der Waals surface area contributed by atoms with Crippen LogP contribution in [-0.2, 0) is 6.54 Å². The Morgan fingerprint density at radius 2 is 2.26 bits per heavy atom. The first-order chi connectivity index (χ1) is 9.10. The summed E-state index contributed by atoms with van der Waals surface area (Å²) in [5.74, 6) is 1.71. The molecule has 19 heavy (non-hydrogen) atoms. The van der Waals surface area contributed by atoms with Crippen LogP contribution in [0.2, 0.25) is 0 Å². The normalized spacial score (nSPS) is 12.4. The minimum Gasteiger partial charge on any atom is -0.496 e. The van der Waals surface area contributed by atoms with Crippen LogP contribution >= 0.6 is 0 Å². The molecule has 102 valence electrons. The van der Waals surface area contributed by atoms with Gasteiger partial charge in [0.15, 0.2) is 5.82 Å². The third-order valence-electron chi connectivity index (χ3n) is 2.85.